The smallest absolute Gasteiger partial charge is 0.401 e. The number of methoxy groups -OCH3 is 1. The maximum Gasteiger partial charge on any atom is 0.401 e. The average molecular weight is 349 g/mol. The van der Waals surface area contributed by atoms with E-state index in [0.29, 0.717) is 10.8 Å². The van der Waals surface area contributed by atoms with E-state index in [4.69, 9.17) is 20.8 Å². The van der Waals surface area contributed by atoms with Gasteiger partial charge in [-0.2, -0.15) is 13.2 Å². The highest BCUT2D eigenvalue weighted by Crippen LogP contribution is 2.23. The molecule has 0 aliphatic heterocycles. The van der Waals surface area contributed by atoms with E-state index in [9.17, 15) is 13.2 Å². The Kier molecular flexibility index (Phi) is 6.04. The first-order valence-electron chi connectivity index (χ1n) is 6.86. The fraction of sp³-hybridized carbons (Fsp3) is 0.400. The molecule has 1 aromatic heterocycles. The summed E-state index contributed by atoms with van der Waals surface area (Å²) >= 11 is 5.81. The molecule has 0 fully saturated rings. The zero-order chi connectivity index (χ0) is 16.9. The lowest BCUT2D eigenvalue weighted by Crippen LogP contribution is -2.36. The second-order valence-corrected chi connectivity index (χ2v) is 5.38. The molecule has 0 atom stereocenters. The number of ether oxygens (including phenoxy) is 1. The number of benzene rings is 1. The molecule has 2 rings (SSSR count). The molecule has 2 aromatic rings. The van der Waals surface area contributed by atoms with E-state index in [1.807, 2.05) is 0 Å². The lowest BCUT2D eigenvalue weighted by atomic mass is 10.2. The first kappa shape index (κ1) is 17.8. The van der Waals surface area contributed by atoms with Gasteiger partial charge < -0.3 is 9.15 Å². The summed E-state index contributed by atoms with van der Waals surface area (Å²) in [5, 5.41) is 0.587. The Hall–Kier alpha value is -1.57. The molecule has 1 heterocycles. The molecule has 4 nitrogen and oxygen atoms in total. The molecular formula is C15H16ClF3N2O2. The highest BCUT2D eigenvalue weighted by molar-refractivity contribution is 6.30. The predicted octanol–water partition coefficient (Wildman–Crippen LogP) is 4.01. The molecule has 0 unspecified atom stereocenters. The van der Waals surface area contributed by atoms with Crippen LogP contribution in [0.5, 0.6) is 0 Å². The second kappa shape index (κ2) is 7.81. The highest BCUT2D eigenvalue weighted by Gasteiger charge is 2.31. The average Bonchev–Trinajstić information content (AvgIpc) is 2.92. The maximum atomic E-state index is 12.6. The topological polar surface area (TPSA) is 38.5 Å². The molecule has 0 saturated heterocycles. The molecule has 0 aliphatic carbocycles. The van der Waals surface area contributed by atoms with Crippen molar-refractivity contribution in [1.29, 1.82) is 0 Å². The lowest BCUT2D eigenvalue weighted by molar-refractivity contribution is -0.148. The van der Waals surface area contributed by atoms with Crippen molar-refractivity contribution in [2.75, 3.05) is 26.8 Å². The summed E-state index contributed by atoms with van der Waals surface area (Å²) in [6.45, 7) is -0.763. The summed E-state index contributed by atoms with van der Waals surface area (Å²) < 4.78 is 48.2. The fourth-order valence-corrected chi connectivity index (χ4v) is 2.14. The Bertz CT molecular complexity index is 614. The third-order valence-electron chi connectivity index (χ3n) is 3.06. The first-order chi connectivity index (χ1) is 10.9. The van der Waals surface area contributed by atoms with Gasteiger partial charge in [0.15, 0.2) is 5.76 Å². The van der Waals surface area contributed by atoms with E-state index in [2.05, 4.69) is 4.98 Å². The number of nitrogens with zero attached hydrogens (tertiary/aromatic N) is 2. The number of hydrogen-bond acceptors (Lipinski definition) is 4. The van der Waals surface area contributed by atoms with Gasteiger partial charge in [0, 0.05) is 24.2 Å². The second-order valence-electron chi connectivity index (χ2n) is 4.94. The van der Waals surface area contributed by atoms with E-state index in [0.717, 1.165) is 5.56 Å². The van der Waals surface area contributed by atoms with Crippen LogP contribution in [-0.4, -0.2) is 42.9 Å². The highest BCUT2D eigenvalue weighted by atomic mass is 35.5. The van der Waals surface area contributed by atoms with Gasteiger partial charge in [-0.15, -0.1) is 0 Å². The number of halogens is 4. The lowest BCUT2D eigenvalue weighted by Gasteiger charge is -2.21. The summed E-state index contributed by atoms with van der Waals surface area (Å²) in [4.78, 5) is 5.22. The van der Waals surface area contributed by atoms with E-state index in [1.54, 1.807) is 24.3 Å². The van der Waals surface area contributed by atoms with Gasteiger partial charge in [-0.3, -0.25) is 4.90 Å². The minimum absolute atomic E-state index is 0.0452. The minimum atomic E-state index is -4.29. The number of aromatic nitrogens is 1. The fourth-order valence-electron chi connectivity index (χ4n) is 2.01. The van der Waals surface area contributed by atoms with Crippen molar-refractivity contribution >= 4 is 11.6 Å². The van der Waals surface area contributed by atoms with E-state index in [-0.39, 0.29) is 25.6 Å². The molecule has 126 valence electrons. The molecule has 8 heteroatoms. The minimum Gasteiger partial charge on any atom is -0.439 e. The largest absolute Gasteiger partial charge is 0.439 e. The van der Waals surface area contributed by atoms with Crippen LogP contribution in [0, 0.1) is 0 Å². The molecule has 0 N–H and O–H groups in total. The van der Waals surface area contributed by atoms with Crippen LogP contribution in [0.15, 0.2) is 34.9 Å². The van der Waals surface area contributed by atoms with Crippen molar-refractivity contribution in [1.82, 2.24) is 9.88 Å². The Balaban J connectivity index is 2.06. The first-order valence-corrected chi connectivity index (χ1v) is 7.24. The number of oxazole rings is 1. The zero-order valence-corrected chi connectivity index (χ0v) is 13.2. The maximum absolute atomic E-state index is 12.6. The van der Waals surface area contributed by atoms with Crippen LogP contribution in [-0.2, 0) is 11.3 Å². The van der Waals surface area contributed by atoms with Crippen molar-refractivity contribution in [2.45, 2.75) is 12.7 Å². The Morgan fingerprint density at radius 2 is 1.96 bits per heavy atom. The van der Waals surface area contributed by atoms with Gasteiger partial charge in [-0.25, -0.2) is 4.98 Å². The van der Waals surface area contributed by atoms with Crippen LogP contribution in [0.1, 0.15) is 5.89 Å². The number of rotatable bonds is 7. The molecule has 0 aliphatic rings. The summed E-state index contributed by atoms with van der Waals surface area (Å²) in [7, 11) is 1.44. The Labute approximate surface area is 136 Å². The van der Waals surface area contributed by atoms with Gasteiger partial charge in [0.1, 0.15) is 0 Å². The number of alkyl halides is 3. The van der Waals surface area contributed by atoms with Gasteiger partial charge in [0.2, 0.25) is 5.89 Å². The van der Waals surface area contributed by atoms with E-state index < -0.39 is 12.7 Å². The molecule has 1 aromatic carbocycles. The summed E-state index contributed by atoms with van der Waals surface area (Å²) in [5.41, 5.74) is 0.757. The number of hydrogen-bond donors (Lipinski definition) is 0. The van der Waals surface area contributed by atoms with Crippen LogP contribution in [0.4, 0.5) is 13.2 Å². The van der Waals surface area contributed by atoms with Crippen LogP contribution >= 0.6 is 11.6 Å². The van der Waals surface area contributed by atoms with Crippen LogP contribution in [0.25, 0.3) is 11.3 Å². The summed E-state index contributed by atoms with van der Waals surface area (Å²) in [6, 6.07) is 6.91. The summed E-state index contributed by atoms with van der Waals surface area (Å²) in [5.74, 6) is 0.700. The van der Waals surface area contributed by atoms with Crippen molar-refractivity contribution in [2.24, 2.45) is 0 Å². The third-order valence-corrected chi connectivity index (χ3v) is 3.31. The SMILES string of the molecule is COCCN(Cc1ncc(-c2ccc(Cl)cc2)o1)CC(F)(F)F. The molecular weight excluding hydrogens is 333 g/mol. The Morgan fingerprint density at radius 1 is 1.26 bits per heavy atom. The van der Waals surface area contributed by atoms with Gasteiger partial charge in [0.25, 0.3) is 0 Å². The van der Waals surface area contributed by atoms with Gasteiger partial charge in [0.05, 0.1) is 25.9 Å². The van der Waals surface area contributed by atoms with Crippen molar-refractivity contribution in [3.05, 3.63) is 41.4 Å². The molecule has 0 amide bonds. The van der Waals surface area contributed by atoms with E-state index >= 15 is 0 Å². The van der Waals surface area contributed by atoms with Crippen LogP contribution < -0.4 is 0 Å². The van der Waals surface area contributed by atoms with Gasteiger partial charge in [-0.1, -0.05) is 11.6 Å². The quantitative estimate of drug-likeness (QED) is 0.758. The molecule has 23 heavy (non-hydrogen) atoms. The predicted molar refractivity (Wildman–Crippen MR) is 80.2 cm³/mol. The Morgan fingerprint density at radius 3 is 2.57 bits per heavy atom. The standard InChI is InChI=1S/C15H16ClF3N2O2/c1-22-7-6-21(10-15(17,18)19)9-14-20-8-13(23-14)11-2-4-12(16)5-3-11/h2-5,8H,6-7,9-10H2,1H3. The third kappa shape index (κ3) is 5.85. The van der Waals surface area contributed by atoms with E-state index in [1.165, 1.54) is 18.2 Å². The molecule has 0 spiro atoms. The van der Waals surface area contributed by atoms with Crippen molar-refractivity contribution in [3.63, 3.8) is 0 Å². The van der Waals surface area contributed by atoms with Gasteiger partial charge >= 0.3 is 6.18 Å². The van der Waals surface area contributed by atoms with Crippen LogP contribution in [0.2, 0.25) is 5.02 Å². The summed E-state index contributed by atoms with van der Waals surface area (Å²) in [6.07, 6.45) is -2.81. The molecule has 0 saturated carbocycles. The van der Waals surface area contributed by atoms with Crippen LogP contribution in [0.3, 0.4) is 0 Å². The van der Waals surface area contributed by atoms with Crippen molar-refractivity contribution in [3.8, 4) is 11.3 Å². The monoisotopic (exact) mass is 348 g/mol. The molecule has 0 radical (unpaired) electrons. The zero-order valence-electron chi connectivity index (χ0n) is 12.4. The normalized spacial score (nSPS) is 12.1. The molecule has 0 bridgehead atoms. The van der Waals surface area contributed by atoms with Crippen molar-refractivity contribution < 1.29 is 22.3 Å². The van der Waals surface area contributed by atoms with Gasteiger partial charge in [-0.05, 0) is 24.3 Å².